The molecule has 198 valence electrons. The lowest BCUT2D eigenvalue weighted by atomic mass is 9.97. The second-order valence-electron chi connectivity index (χ2n) is 8.24. The molecule has 2 amide bonds. The Bertz CT molecular complexity index is 1130. The third kappa shape index (κ3) is 8.12. The second-order valence-corrected chi connectivity index (χ2v) is 8.24. The average Bonchev–Trinajstić information content (AvgIpc) is 2.87. The predicted octanol–water partition coefficient (Wildman–Crippen LogP) is 1.76. The number of amides is 2. The van der Waals surface area contributed by atoms with Crippen molar-refractivity contribution in [2.24, 2.45) is 22.4 Å². The summed E-state index contributed by atoms with van der Waals surface area (Å²) in [4.78, 5) is 48.3. The number of hydrogen-bond donors (Lipinski definition) is 2. The number of nitrogens with zero attached hydrogens (tertiary/aromatic N) is 4. The minimum atomic E-state index is -1.02. The SMILES string of the molecule is CCOC(=O)CC(=O)N1CCC(COc2ncc(-c3cccc(COC(=O)N=C(N)N)c3F)cn2)CC1. The van der Waals surface area contributed by atoms with Crippen molar-refractivity contribution in [1.82, 2.24) is 14.9 Å². The number of aromatic nitrogens is 2. The molecule has 1 aliphatic rings. The van der Waals surface area contributed by atoms with Gasteiger partial charge >= 0.3 is 18.1 Å². The van der Waals surface area contributed by atoms with Gasteiger partial charge < -0.3 is 30.6 Å². The van der Waals surface area contributed by atoms with E-state index >= 15 is 0 Å². The highest BCUT2D eigenvalue weighted by Gasteiger charge is 2.25. The lowest BCUT2D eigenvalue weighted by molar-refractivity contribution is -0.149. The Morgan fingerprint density at radius 3 is 2.49 bits per heavy atom. The molecule has 0 saturated carbocycles. The van der Waals surface area contributed by atoms with Gasteiger partial charge in [-0.2, -0.15) is 0 Å². The Balaban J connectivity index is 1.50. The number of aliphatic imine (C=N–C) groups is 1. The van der Waals surface area contributed by atoms with E-state index in [1.165, 1.54) is 18.5 Å². The highest BCUT2D eigenvalue weighted by atomic mass is 19.1. The van der Waals surface area contributed by atoms with Crippen LogP contribution in [0.5, 0.6) is 6.01 Å². The molecule has 3 rings (SSSR count). The number of esters is 1. The number of halogens is 1. The molecule has 12 nitrogen and oxygen atoms in total. The molecule has 2 aromatic rings. The third-order valence-corrected chi connectivity index (χ3v) is 5.61. The minimum Gasteiger partial charge on any atom is -0.466 e. The molecule has 0 aliphatic carbocycles. The number of benzene rings is 1. The molecule has 0 spiro atoms. The van der Waals surface area contributed by atoms with Crippen LogP contribution in [0.3, 0.4) is 0 Å². The van der Waals surface area contributed by atoms with Gasteiger partial charge in [-0.25, -0.2) is 19.2 Å². The van der Waals surface area contributed by atoms with Gasteiger partial charge in [-0.15, -0.1) is 4.99 Å². The summed E-state index contributed by atoms with van der Waals surface area (Å²) in [5, 5.41) is 0. The van der Waals surface area contributed by atoms with Crippen LogP contribution in [0.4, 0.5) is 9.18 Å². The first-order valence-electron chi connectivity index (χ1n) is 11.7. The summed E-state index contributed by atoms with van der Waals surface area (Å²) in [6.45, 7) is 3.01. The normalized spacial score (nSPS) is 13.5. The number of guanidine groups is 1. The largest absolute Gasteiger partial charge is 0.466 e. The van der Waals surface area contributed by atoms with Crippen LogP contribution in [0.15, 0.2) is 35.6 Å². The van der Waals surface area contributed by atoms with Crippen molar-refractivity contribution >= 4 is 23.9 Å². The number of likely N-dealkylation sites (tertiary alicyclic amines) is 1. The maximum absolute atomic E-state index is 14.9. The van der Waals surface area contributed by atoms with Gasteiger partial charge in [0.15, 0.2) is 5.96 Å². The van der Waals surface area contributed by atoms with Crippen LogP contribution in [-0.2, 0) is 25.7 Å². The molecule has 1 aliphatic heterocycles. The van der Waals surface area contributed by atoms with Gasteiger partial charge in [0, 0.05) is 42.2 Å². The quantitative estimate of drug-likeness (QED) is 0.216. The first-order chi connectivity index (χ1) is 17.8. The minimum absolute atomic E-state index is 0.129. The van der Waals surface area contributed by atoms with Crippen molar-refractivity contribution in [3.63, 3.8) is 0 Å². The fourth-order valence-corrected chi connectivity index (χ4v) is 3.71. The summed E-state index contributed by atoms with van der Waals surface area (Å²) in [5.74, 6) is -1.60. The van der Waals surface area contributed by atoms with E-state index in [-0.39, 0.29) is 48.6 Å². The maximum Gasteiger partial charge on any atom is 0.437 e. The summed E-state index contributed by atoms with van der Waals surface area (Å²) in [5.41, 5.74) is 11.0. The van der Waals surface area contributed by atoms with Crippen LogP contribution >= 0.6 is 0 Å². The maximum atomic E-state index is 14.9. The molecule has 0 bridgehead atoms. The smallest absolute Gasteiger partial charge is 0.437 e. The predicted molar refractivity (Wildman–Crippen MR) is 129 cm³/mol. The van der Waals surface area contributed by atoms with Crippen LogP contribution in [0.25, 0.3) is 11.1 Å². The van der Waals surface area contributed by atoms with E-state index in [4.69, 9.17) is 25.7 Å². The summed E-state index contributed by atoms with van der Waals surface area (Å²) >= 11 is 0. The van der Waals surface area contributed by atoms with Gasteiger partial charge in [-0.05, 0) is 25.7 Å². The van der Waals surface area contributed by atoms with Crippen LogP contribution in [0.2, 0.25) is 0 Å². The van der Waals surface area contributed by atoms with Gasteiger partial charge in [0.2, 0.25) is 5.91 Å². The standard InChI is InChI=1S/C24H29FN6O6/c1-2-35-20(33)10-19(32)31-8-6-15(7-9-31)13-36-23-28-11-17(12-29-23)18-5-3-4-16(21(18)25)14-37-24(34)30-22(26)27/h3-5,11-12,15H,2,6-10,13-14H2,1H3,(H4,26,27,30,34). The first-order valence-corrected chi connectivity index (χ1v) is 11.7. The lowest BCUT2D eigenvalue weighted by Gasteiger charge is -2.31. The van der Waals surface area contributed by atoms with Crippen LogP contribution in [0, 0.1) is 11.7 Å². The van der Waals surface area contributed by atoms with E-state index in [1.54, 1.807) is 24.0 Å². The number of piperidine rings is 1. The van der Waals surface area contributed by atoms with E-state index in [2.05, 4.69) is 15.0 Å². The fraction of sp³-hybridized carbons (Fsp3) is 0.417. The van der Waals surface area contributed by atoms with Crippen molar-refractivity contribution in [1.29, 1.82) is 0 Å². The number of nitrogens with two attached hydrogens (primary N) is 2. The van der Waals surface area contributed by atoms with Gasteiger partial charge in [-0.1, -0.05) is 18.2 Å². The molecule has 13 heteroatoms. The number of ether oxygens (including phenoxy) is 3. The van der Waals surface area contributed by atoms with E-state index < -0.39 is 23.8 Å². The molecular formula is C24H29FN6O6. The van der Waals surface area contributed by atoms with Crippen molar-refractivity contribution in [2.75, 3.05) is 26.3 Å². The van der Waals surface area contributed by atoms with Crippen LogP contribution < -0.4 is 16.2 Å². The molecule has 4 N–H and O–H groups in total. The second kappa shape index (κ2) is 13.1. The Hall–Kier alpha value is -4.29. The van der Waals surface area contributed by atoms with E-state index in [1.807, 2.05) is 0 Å². The molecule has 1 aromatic heterocycles. The molecule has 2 heterocycles. The molecule has 1 fully saturated rings. The van der Waals surface area contributed by atoms with E-state index in [9.17, 15) is 18.8 Å². The highest BCUT2D eigenvalue weighted by Crippen LogP contribution is 2.25. The highest BCUT2D eigenvalue weighted by molar-refractivity contribution is 5.94. The number of hydrogen-bond acceptors (Lipinski definition) is 8. The van der Waals surface area contributed by atoms with E-state index in [0.29, 0.717) is 25.3 Å². The molecule has 0 atom stereocenters. The van der Waals surface area contributed by atoms with E-state index in [0.717, 1.165) is 12.8 Å². The number of rotatable bonds is 9. The van der Waals surface area contributed by atoms with Crippen LogP contribution in [-0.4, -0.2) is 65.1 Å². The van der Waals surface area contributed by atoms with Crippen molar-refractivity contribution in [2.45, 2.75) is 32.8 Å². The zero-order chi connectivity index (χ0) is 26.8. The zero-order valence-electron chi connectivity index (χ0n) is 20.4. The lowest BCUT2D eigenvalue weighted by Crippen LogP contribution is -2.40. The molecule has 1 aromatic carbocycles. The molecule has 37 heavy (non-hydrogen) atoms. The fourth-order valence-electron chi connectivity index (χ4n) is 3.71. The molecule has 1 saturated heterocycles. The topological polar surface area (TPSA) is 172 Å². The molecule has 0 radical (unpaired) electrons. The zero-order valence-corrected chi connectivity index (χ0v) is 20.4. The first kappa shape index (κ1) is 27.3. The molecular weight excluding hydrogens is 487 g/mol. The van der Waals surface area contributed by atoms with Crippen molar-refractivity contribution < 1.29 is 33.0 Å². The Kier molecular flexibility index (Phi) is 9.69. The summed E-state index contributed by atoms with van der Waals surface area (Å²) in [6, 6.07) is 4.77. The summed E-state index contributed by atoms with van der Waals surface area (Å²) in [7, 11) is 0. The van der Waals surface area contributed by atoms with Crippen molar-refractivity contribution in [3.8, 4) is 17.1 Å². The summed E-state index contributed by atoms with van der Waals surface area (Å²) < 4.78 is 30.3. The Morgan fingerprint density at radius 2 is 1.84 bits per heavy atom. The van der Waals surface area contributed by atoms with Crippen LogP contribution in [0.1, 0.15) is 31.7 Å². The number of carbonyl (C=O) groups is 3. The Morgan fingerprint density at radius 1 is 1.14 bits per heavy atom. The Labute approximate surface area is 212 Å². The summed E-state index contributed by atoms with van der Waals surface area (Å²) in [6.07, 6.45) is 3.04. The third-order valence-electron chi connectivity index (χ3n) is 5.61. The van der Waals surface area contributed by atoms with Gasteiger partial charge in [0.25, 0.3) is 0 Å². The number of carbonyl (C=O) groups excluding carboxylic acids is 3. The van der Waals surface area contributed by atoms with Gasteiger partial charge in [0.05, 0.1) is 13.2 Å². The van der Waals surface area contributed by atoms with Crippen molar-refractivity contribution in [3.05, 3.63) is 42.0 Å². The monoisotopic (exact) mass is 516 g/mol. The average molecular weight is 517 g/mol. The van der Waals surface area contributed by atoms with Gasteiger partial charge in [-0.3, -0.25) is 9.59 Å². The van der Waals surface area contributed by atoms with Gasteiger partial charge in [0.1, 0.15) is 18.8 Å². The molecule has 0 unspecified atom stereocenters.